The Kier molecular flexibility index (Phi) is 7.16. The number of hydrogen-bond acceptors (Lipinski definition) is 3. The smallest absolute Gasteiger partial charge is 0.320 e. The zero-order chi connectivity index (χ0) is 13.4. The van der Waals surface area contributed by atoms with Crippen molar-refractivity contribution < 1.29 is 9.90 Å². The number of benzene rings is 1. The Balaban J connectivity index is 2.34. The topological polar surface area (TPSA) is 49.3 Å². The summed E-state index contributed by atoms with van der Waals surface area (Å²) in [5.41, 5.74) is 0. The van der Waals surface area contributed by atoms with Gasteiger partial charge in [0.05, 0.1) is 0 Å². The summed E-state index contributed by atoms with van der Waals surface area (Å²) in [4.78, 5) is 12.1. The Morgan fingerprint density at radius 3 is 2.67 bits per heavy atom. The van der Waals surface area contributed by atoms with E-state index in [9.17, 15) is 4.79 Å². The fourth-order valence-corrected chi connectivity index (χ4v) is 2.50. The molecule has 0 aliphatic heterocycles. The van der Waals surface area contributed by atoms with E-state index in [0.717, 1.165) is 23.6 Å². The fourth-order valence-electron chi connectivity index (χ4n) is 1.46. The zero-order valence-electron chi connectivity index (χ0n) is 10.4. The van der Waals surface area contributed by atoms with Crippen molar-refractivity contribution in [1.82, 2.24) is 5.32 Å². The molecule has 0 aliphatic rings. The van der Waals surface area contributed by atoms with E-state index in [0.29, 0.717) is 11.4 Å². The molecule has 0 heterocycles. The highest BCUT2D eigenvalue weighted by Crippen LogP contribution is 2.21. The van der Waals surface area contributed by atoms with E-state index in [4.69, 9.17) is 16.7 Å². The average Bonchev–Trinajstić information content (AvgIpc) is 2.35. The first kappa shape index (κ1) is 15.3. The van der Waals surface area contributed by atoms with Crippen molar-refractivity contribution in [3.63, 3.8) is 0 Å². The number of carbonyl (C=O) groups is 1. The van der Waals surface area contributed by atoms with Crippen molar-refractivity contribution in [3.05, 3.63) is 29.3 Å². The van der Waals surface area contributed by atoms with E-state index in [1.54, 1.807) is 11.8 Å². The van der Waals surface area contributed by atoms with Gasteiger partial charge in [-0.25, -0.2) is 0 Å². The number of rotatable bonds is 8. The second-order valence-corrected chi connectivity index (χ2v) is 5.54. The van der Waals surface area contributed by atoms with Crippen LogP contribution in [0.4, 0.5) is 0 Å². The molecule has 1 aromatic rings. The van der Waals surface area contributed by atoms with Crippen molar-refractivity contribution >= 4 is 29.3 Å². The first-order valence-electron chi connectivity index (χ1n) is 5.98. The molecule has 1 atom stereocenters. The van der Waals surface area contributed by atoms with Gasteiger partial charge in [0, 0.05) is 15.7 Å². The van der Waals surface area contributed by atoms with Gasteiger partial charge in [0.2, 0.25) is 0 Å². The van der Waals surface area contributed by atoms with Crippen molar-refractivity contribution in [2.75, 3.05) is 12.3 Å². The lowest BCUT2D eigenvalue weighted by atomic mass is 10.2. The number of thioether (sulfide) groups is 1. The minimum absolute atomic E-state index is 0.454. The first-order chi connectivity index (χ1) is 8.63. The minimum Gasteiger partial charge on any atom is -0.480 e. The molecule has 0 bridgehead atoms. The molecule has 0 aliphatic carbocycles. The Hall–Kier alpha value is -0.710. The molecule has 18 heavy (non-hydrogen) atoms. The summed E-state index contributed by atoms with van der Waals surface area (Å²) in [6, 6.07) is 7.12. The van der Waals surface area contributed by atoms with E-state index in [1.165, 1.54) is 0 Å². The number of halogens is 1. The van der Waals surface area contributed by atoms with E-state index in [1.807, 2.05) is 31.2 Å². The molecule has 0 aromatic heterocycles. The SMILES string of the molecule is CCCNC(CCSc1ccc(Cl)cc1)C(=O)O. The number of carboxylic acids is 1. The summed E-state index contributed by atoms with van der Waals surface area (Å²) in [7, 11) is 0. The van der Waals surface area contributed by atoms with Crippen LogP contribution in [-0.4, -0.2) is 29.4 Å². The highest BCUT2D eigenvalue weighted by molar-refractivity contribution is 7.99. The molecule has 0 spiro atoms. The average molecular weight is 288 g/mol. The predicted octanol–water partition coefficient (Wildman–Crippen LogP) is 3.28. The van der Waals surface area contributed by atoms with Gasteiger partial charge in [-0.1, -0.05) is 18.5 Å². The maximum Gasteiger partial charge on any atom is 0.320 e. The molecular formula is C13H18ClNO2S. The first-order valence-corrected chi connectivity index (χ1v) is 7.34. The van der Waals surface area contributed by atoms with Gasteiger partial charge in [-0.15, -0.1) is 11.8 Å². The summed E-state index contributed by atoms with van der Waals surface area (Å²) >= 11 is 7.44. The van der Waals surface area contributed by atoms with Crippen LogP contribution < -0.4 is 5.32 Å². The summed E-state index contributed by atoms with van der Waals surface area (Å²) < 4.78 is 0. The summed E-state index contributed by atoms with van der Waals surface area (Å²) in [6.45, 7) is 2.76. The van der Waals surface area contributed by atoms with Gasteiger partial charge in [-0.2, -0.15) is 0 Å². The predicted molar refractivity (Wildman–Crippen MR) is 76.5 cm³/mol. The molecule has 1 rings (SSSR count). The van der Waals surface area contributed by atoms with Crippen LogP contribution in [-0.2, 0) is 4.79 Å². The summed E-state index contributed by atoms with van der Waals surface area (Å²) in [6.07, 6.45) is 1.55. The Bertz CT molecular complexity index is 370. The van der Waals surface area contributed by atoms with Crippen molar-refractivity contribution in [2.24, 2.45) is 0 Å². The number of aliphatic carboxylic acids is 1. The lowest BCUT2D eigenvalue weighted by Crippen LogP contribution is -2.37. The van der Waals surface area contributed by atoms with Crippen LogP contribution in [0.25, 0.3) is 0 Å². The Labute approximate surface area is 117 Å². The zero-order valence-corrected chi connectivity index (χ0v) is 11.9. The Morgan fingerprint density at radius 2 is 2.11 bits per heavy atom. The van der Waals surface area contributed by atoms with Gasteiger partial charge in [-0.05, 0) is 43.7 Å². The highest BCUT2D eigenvalue weighted by atomic mass is 35.5. The third-order valence-electron chi connectivity index (χ3n) is 2.43. The molecule has 0 radical (unpaired) electrons. The standard InChI is InChI=1S/C13H18ClNO2S/c1-2-8-15-12(13(16)17)7-9-18-11-5-3-10(14)4-6-11/h3-6,12,15H,2,7-9H2,1H3,(H,16,17). The monoisotopic (exact) mass is 287 g/mol. The van der Waals surface area contributed by atoms with E-state index in [2.05, 4.69) is 5.32 Å². The van der Waals surface area contributed by atoms with Crippen LogP contribution in [0.2, 0.25) is 5.02 Å². The van der Waals surface area contributed by atoms with Gasteiger partial charge >= 0.3 is 5.97 Å². The van der Waals surface area contributed by atoms with Gasteiger partial charge in [0.1, 0.15) is 6.04 Å². The molecular weight excluding hydrogens is 270 g/mol. The lowest BCUT2D eigenvalue weighted by Gasteiger charge is -2.13. The molecule has 0 saturated carbocycles. The molecule has 100 valence electrons. The largest absolute Gasteiger partial charge is 0.480 e. The number of carboxylic acid groups (broad SMARTS) is 1. The van der Waals surface area contributed by atoms with Crippen LogP contribution in [0.5, 0.6) is 0 Å². The van der Waals surface area contributed by atoms with Crippen LogP contribution in [0.3, 0.4) is 0 Å². The summed E-state index contributed by atoms with van der Waals surface area (Å²) in [5.74, 6) is -0.00450. The molecule has 0 amide bonds. The normalized spacial score (nSPS) is 12.3. The van der Waals surface area contributed by atoms with E-state index in [-0.39, 0.29) is 0 Å². The van der Waals surface area contributed by atoms with Gasteiger partial charge in [0.15, 0.2) is 0 Å². The third-order valence-corrected chi connectivity index (χ3v) is 3.73. The van der Waals surface area contributed by atoms with E-state index < -0.39 is 12.0 Å². The molecule has 2 N–H and O–H groups in total. The number of nitrogens with one attached hydrogen (secondary N) is 1. The van der Waals surface area contributed by atoms with Crippen molar-refractivity contribution in [1.29, 1.82) is 0 Å². The number of hydrogen-bond donors (Lipinski definition) is 2. The lowest BCUT2D eigenvalue weighted by molar-refractivity contribution is -0.139. The minimum atomic E-state index is -0.778. The maximum atomic E-state index is 11.0. The molecule has 0 saturated heterocycles. The maximum absolute atomic E-state index is 11.0. The summed E-state index contributed by atoms with van der Waals surface area (Å²) in [5, 5.41) is 12.8. The third kappa shape index (κ3) is 5.76. The molecule has 5 heteroatoms. The highest BCUT2D eigenvalue weighted by Gasteiger charge is 2.15. The van der Waals surface area contributed by atoms with Crippen LogP contribution >= 0.6 is 23.4 Å². The van der Waals surface area contributed by atoms with Crippen molar-refractivity contribution in [2.45, 2.75) is 30.7 Å². The van der Waals surface area contributed by atoms with Crippen molar-refractivity contribution in [3.8, 4) is 0 Å². The molecule has 3 nitrogen and oxygen atoms in total. The van der Waals surface area contributed by atoms with Crippen LogP contribution in [0, 0.1) is 0 Å². The second-order valence-electron chi connectivity index (χ2n) is 3.94. The second kappa shape index (κ2) is 8.40. The van der Waals surface area contributed by atoms with E-state index >= 15 is 0 Å². The fraction of sp³-hybridized carbons (Fsp3) is 0.462. The van der Waals surface area contributed by atoms with Crippen LogP contribution in [0.1, 0.15) is 19.8 Å². The van der Waals surface area contributed by atoms with Gasteiger partial charge < -0.3 is 10.4 Å². The Morgan fingerprint density at radius 1 is 1.44 bits per heavy atom. The molecule has 1 unspecified atom stereocenters. The van der Waals surface area contributed by atoms with Gasteiger partial charge in [-0.3, -0.25) is 4.79 Å². The van der Waals surface area contributed by atoms with Gasteiger partial charge in [0.25, 0.3) is 0 Å². The van der Waals surface area contributed by atoms with Crippen LogP contribution in [0.15, 0.2) is 29.2 Å². The quantitative estimate of drug-likeness (QED) is 0.721. The molecule has 0 fully saturated rings. The molecule has 1 aromatic carbocycles.